The minimum absolute atomic E-state index is 0.0446. The summed E-state index contributed by atoms with van der Waals surface area (Å²) >= 11 is 0. The summed E-state index contributed by atoms with van der Waals surface area (Å²) in [5.41, 5.74) is 4.00. The van der Waals surface area contributed by atoms with Gasteiger partial charge < -0.3 is 19.7 Å². The van der Waals surface area contributed by atoms with Crippen molar-refractivity contribution in [2.24, 2.45) is 4.99 Å². The van der Waals surface area contributed by atoms with Crippen LogP contribution in [0.25, 0.3) is 0 Å². The molecule has 3 rings (SSSR count). The quantitative estimate of drug-likeness (QED) is 0.424. The molecule has 0 radical (unpaired) electrons. The third-order valence-electron chi connectivity index (χ3n) is 5.35. The zero-order chi connectivity index (χ0) is 26.5. The molecule has 2 aromatic carbocycles. The highest BCUT2D eigenvalue weighted by Gasteiger charge is 2.39. The zero-order valence-corrected chi connectivity index (χ0v) is 21.3. The summed E-state index contributed by atoms with van der Waals surface area (Å²) in [7, 11) is 3.06. The van der Waals surface area contributed by atoms with E-state index in [9.17, 15) is 9.59 Å². The van der Waals surface area contributed by atoms with Crippen LogP contribution in [-0.2, 0) is 21.0 Å². The Kier molecular flexibility index (Phi) is 8.16. The Morgan fingerprint density at radius 1 is 1.19 bits per heavy atom. The molecule has 0 aliphatic carbocycles. The van der Waals surface area contributed by atoms with E-state index in [2.05, 4.69) is 29.1 Å². The van der Waals surface area contributed by atoms with Crippen molar-refractivity contribution in [2.45, 2.75) is 38.9 Å². The number of anilines is 1. The standard InChI is InChI=1S/C27H32N4O5/c1-8-21-23(28-5)26(33)31(16-17-9-12-19(34-6)13-10-17)24(25(32)29-27(2,3)4)20-15-18(30-35-7)11-14-22(20)36-21/h8-15,24,30H,1,5,16H2,2-4,6-7H3,(H,29,32)/b23-21+. The number of nitrogens with zero attached hydrogens (tertiary/aromatic N) is 2. The minimum atomic E-state index is -1.06. The first kappa shape index (κ1) is 26.5. The number of hydrogen-bond acceptors (Lipinski definition) is 7. The highest BCUT2D eigenvalue weighted by molar-refractivity contribution is 5.99. The Morgan fingerprint density at radius 2 is 1.89 bits per heavy atom. The molecule has 1 heterocycles. The molecule has 0 saturated heterocycles. The van der Waals surface area contributed by atoms with E-state index in [1.807, 2.05) is 32.9 Å². The molecule has 0 bridgehead atoms. The minimum Gasteiger partial charge on any atom is -0.497 e. The maximum absolute atomic E-state index is 13.9. The van der Waals surface area contributed by atoms with Gasteiger partial charge in [-0.05, 0) is 69.5 Å². The average Bonchev–Trinajstić information content (AvgIpc) is 2.83. The van der Waals surface area contributed by atoms with Crippen molar-refractivity contribution in [1.29, 1.82) is 0 Å². The lowest BCUT2D eigenvalue weighted by Gasteiger charge is -2.36. The van der Waals surface area contributed by atoms with E-state index in [-0.39, 0.29) is 23.9 Å². The third-order valence-corrected chi connectivity index (χ3v) is 5.35. The van der Waals surface area contributed by atoms with Crippen LogP contribution in [0.1, 0.15) is 37.9 Å². The van der Waals surface area contributed by atoms with Crippen molar-refractivity contribution in [2.75, 3.05) is 19.7 Å². The van der Waals surface area contributed by atoms with Gasteiger partial charge in [-0.3, -0.25) is 24.9 Å². The third kappa shape index (κ3) is 5.92. The van der Waals surface area contributed by atoms with E-state index in [0.29, 0.717) is 22.7 Å². The van der Waals surface area contributed by atoms with Gasteiger partial charge in [-0.1, -0.05) is 18.7 Å². The fraction of sp³-hybridized carbons (Fsp3) is 0.296. The van der Waals surface area contributed by atoms with Crippen molar-refractivity contribution < 1.29 is 23.9 Å². The molecule has 2 amide bonds. The molecule has 0 saturated carbocycles. The van der Waals surface area contributed by atoms with E-state index >= 15 is 0 Å². The van der Waals surface area contributed by atoms with Gasteiger partial charge in [-0.2, -0.15) is 0 Å². The topological polar surface area (TPSA) is 101 Å². The van der Waals surface area contributed by atoms with E-state index in [4.69, 9.17) is 14.3 Å². The number of amides is 2. The van der Waals surface area contributed by atoms with Gasteiger partial charge in [-0.15, -0.1) is 0 Å². The Bertz CT molecular complexity index is 1180. The molecule has 2 N–H and O–H groups in total. The molecule has 9 heteroatoms. The van der Waals surface area contributed by atoms with Crippen LogP contribution in [0.15, 0.2) is 71.6 Å². The SMILES string of the molecule is C=C/C1=C(\N=C)C(=O)N(Cc2ccc(OC)cc2)C(C(=O)NC(C)(C)C)c2cc(NOC)ccc2O1. The number of nitrogens with one attached hydrogen (secondary N) is 2. The molecule has 36 heavy (non-hydrogen) atoms. The van der Waals surface area contributed by atoms with Gasteiger partial charge in [0.1, 0.15) is 17.5 Å². The molecule has 1 aliphatic rings. The first-order valence-electron chi connectivity index (χ1n) is 11.3. The van der Waals surface area contributed by atoms with Crippen molar-refractivity contribution >= 4 is 24.2 Å². The van der Waals surface area contributed by atoms with Crippen molar-refractivity contribution in [3.63, 3.8) is 0 Å². The lowest BCUT2D eigenvalue weighted by molar-refractivity contribution is -0.140. The second-order valence-electron chi connectivity index (χ2n) is 9.16. The number of benzene rings is 2. The summed E-state index contributed by atoms with van der Waals surface area (Å²) in [5, 5.41) is 3.00. The zero-order valence-electron chi connectivity index (χ0n) is 21.3. The number of hydrogen-bond donors (Lipinski definition) is 2. The van der Waals surface area contributed by atoms with Crippen molar-refractivity contribution in [3.05, 3.63) is 77.7 Å². The number of ether oxygens (including phenoxy) is 2. The van der Waals surface area contributed by atoms with Gasteiger partial charge in [-0.25, -0.2) is 0 Å². The summed E-state index contributed by atoms with van der Waals surface area (Å²) in [6.45, 7) is 13.1. The van der Waals surface area contributed by atoms with Crippen LogP contribution in [0.4, 0.5) is 5.69 Å². The smallest absolute Gasteiger partial charge is 0.277 e. The van der Waals surface area contributed by atoms with Crippen LogP contribution in [0, 0.1) is 0 Å². The highest BCUT2D eigenvalue weighted by atomic mass is 16.6. The normalized spacial score (nSPS) is 17.8. The van der Waals surface area contributed by atoms with Crippen LogP contribution >= 0.6 is 0 Å². The summed E-state index contributed by atoms with van der Waals surface area (Å²) in [6.07, 6.45) is 1.40. The predicted molar refractivity (Wildman–Crippen MR) is 139 cm³/mol. The van der Waals surface area contributed by atoms with Gasteiger partial charge in [0.05, 0.1) is 19.9 Å². The second-order valence-corrected chi connectivity index (χ2v) is 9.16. The largest absolute Gasteiger partial charge is 0.497 e. The van der Waals surface area contributed by atoms with E-state index < -0.39 is 17.5 Å². The second kappa shape index (κ2) is 11.1. The summed E-state index contributed by atoms with van der Waals surface area (Å²) in [5.74, 6) is 0.276. The molecule has 2 aromatic rings. The maximum Gasteiger partial charge on any atom is 0.277 e. The van der Waals surface area contributed by atoms with E-state index in [1.165, 1.54) is 18.1 Å². The van der Waals surface area contributed by atoms with Crippen LogP contribution in [-0.4, -0.2) is 43.2 Å². The summed E-state index contributed by atoms with van der Waals surface area (Å²) in [4.78, 5) is 38.1. The summed E-state index contributed by atoms with van der Waals surface area (Å²) in [6, 6.07) is 11.3. The van der Waals surface area contributed by atoms with Gasteiger partial charge in [0, 0.05) is 17.6 Å². The van der Waals surface area contributed by atoms with Crippen LogP contribution in [0.2, 0.25) is 0 Å². The Labute approximate surface area is 211 Å². The van der Waals surface area contributed by atoms with Crippen molar-refractivity contribution in [1.82, 2.24) is 10.2 Å². The number of carbonyl (C=O) groups excluding carboxylic acids is 2. The Hall–Kier alpha value is -4.11. The molecule has 0 spiro atoms. The number of methoxy groups -OCH3 is 1. The number of allylic oxidation sites excluding steroid dienone is 1. The number of rotatable bonds is 8. The fourth-order valence-electron chi connectivity index (χ4n) is 3.83. The lowest BCUT2D eigenvalue weighted by atomic mass is 9.98. The molecule has 1 atom stereocenters. The molecular weight excluding hydrogens is 460 g/mol. The fourth-order valence-corrected chi connectivity index (χ4v) is 3.83. The Morgan fingerprint density at radius 3 is 2.44 bits per heavy atom. The number of carbonyl (C=O) groups is 2. The van der Waals surface area contributed by atoms with Crippen LogP contribution in [0.3, 0.4) is 0 Å². The molecule has 0 fully saturated rings. The maximum atomic E-state index is 13.9. The first-order valence-corrected chi connectivity index (χ1v) is 11.3. The molecular formula is C27H32N4O5. The first-order chi connectivity index (χ1) is 17.1. The monoisotopic (exact) mass is 492 g/mol. The van der Waals surface area contributed by atoms with E-state index in [0.717, 1.165) is 5.56 Å². The van der Waals surface area contributed by atoms with Crippen LogP contribution in [0.5, 0.6) is 11.5 Å². The summed E-state index contributed by atoms with van der Waals surface area (Å²) < 4.78 is 11.3. The van der Waals surface area contributed by atoms with Crippen LogP contribution < -0.4 is 20.3 Å². The van der Waals surface area contributed by atoms with Gasteiger partial charge >= 0.3 is 0 Å². The van der Waals surface area contributed by atoms with E-state index in [1.54, 1.807) is 37.4 Å². The number of aliphatic imine (C=N–C) groups is 1. The molecule has 190 valence electrons. The molecule has 9 nitrogen and oxygen atoms in total. The van der Waals surface area contributed by atoms with Gasteiger partial charge in [0.2, 0.25) is 5.91 Å². The predicted octanol–water partition coefficient (Wildman–Crippen LogP) is 4.14. The molecule has 1 aliphatic heterocycles. The van der Waals surface area contributed by atoms with Crippen molar-refractivity contribution in [3.8, 4) is 11.5 Å². The lowest BCUT2D eigenvalue weighted by Crippen LogP contribution is -2.49. The molecule has 0 aromatic heterocycles. The highest BCUT2D eigenvalue weighted by Crippen LogP contribution is 2.38. The molecule has 1 unspecified atom stereocenters. The Balaban J connectivity index is 2.26. The number of fused-ring (bicyclic) bond motifs is 1. The van der Waals surface area contributed by atoms with Gasteiger partial charge in [0.25, 0.3) is 5.91 Å². The average molecular weight is 493 g/mol. The van der Waals surface area contributed by atoms with Gasteiger partial charge in [0.15, 0.2) is 11.5 Å².